The minimum absolute atomic E-state index is 0.825. The van der Waals surface area contributed by atoms with Gasteiger partial charge in [-0.25, -0.2) is 0 Å². The molecule has 1 heterocycles. The van der Waals surface area contributed by atoms with Crippen LogP contribution in [0.25, 0.3) is 0 Å². The van der Waals surface area contributed by atoms with E-state index < -0.39 is 0 Å². The summed E-state index contributed by atoms with van der Waals surface area (Å²) in [6, 6.07) is 5.92. The van der Waals surface area contributed by atoms with E-state index in [1.165, 1.54) is 0 Å². The fourth-order valence-electron chi connectivity index (χ4n) is 1.03. The van der Waals surface area contributed by atoms with Crippen LogP contribution in [-0.4, -0.2) is 11.5 Å². The predicted molar refractivity (Wildman–Crippen MR) is 54.0 cm³/mol. The second-order valence-corrected chi connectivity index (χ2v) is 2.81. The molecule has 0 unspecified atom stereocenters. The summed E-state index contributed by atoms with van der Waals surface area (Å²) in [5.74, 6) is 2.61. The van der Waals surface area contributed by atoms with E-state index >= 15 is 0 Å². The highest BCUT2D eigenvalue weighted by atomic mass is 14.9. The maximum Gasteiger partial charge on any atom is 0.0541 e. The zero-order chi connectivity index (χ0) is 9.36. The molecule has 0 fully saturated rings. The van der Waals surface area contributed by atoms with Gasteiger partial charge in [-0.15, -0.1) is 12.3 Å². The number of rotatable bonds is 5. The van der Waals surface area contributed by atoms with Crippen LogP contribution < -0.4 is 5.32 Å². The minimum atomic E-state index is 0.825. The highest BCUT2D eigenvalue weighted by Crippen LogP contribution is 1.92. The van der Waals surface area contributed by atoms with Gasteiger partial charge < -0.3 is 5.32 Å². The SMILES string of the molecule is C#CCCCNCc1ccccn1. The molecule has 0 aliphatic rings. The van der Waals surface area contributed by atoms with Crippen LogP contribution in [0.15, 0.2) is 24.4 Å². The third-order valence-corrected chi connectivity index (χ3v) is 1.71. The van der Waals surface area contributed by atoms with Crippen LogP contribution in [0.2, 0.25) is 0 Å². The number of aromatic nitrogens is 1. The summed E-state index contributed by atoms with van der Waals surface area (Å²) in [7, 11) is 0. The average molecular weight is 174 g/mol. The van der Waals surface area contributed by atoms with Crippen LogP contribution in [0.5, 0.6) is 0 Å². The van der Waals surface area contributed by atoms with Gasteiger partial charge in [-0.3, -0.25) is 4.98 Å². The highest BCUT2D eigenvalue weighted by molar-refractivity contribution is 5.02. The number of nitrogens with one attached hydrogen (secondary N) is 1. The molecule has 68 valence electrons. The number of nitrogens with zero attached hydrogens (tertiary/aromatic N) is 1. The molecule has 0 aliphatic heterocycles. The summed E-state index contributed by atoms with van der Waals surface area (Å²) in [5, 5.41) is 3.28. The Morgan fingerprint density at radius 2 is 2.38 bits per heavy atom. The monoisotopic (exact) mass is 174 g/mol. The molecule has 1 rings (SSSR count). The fraction of sp³-hybridized carbons (Fsp3) is 0.364. The topological polar surface area (TPSA) is 24.9 Å². The van der Waals surface area contributed by atoms with Crippen LogP contribution in [0.1, 0.15) is 18.5 Å². The molecular formula is C11H14N2. The second kappa shape index (κ2) is 6.22. The Bertz CT molecular complexity index is 261. The molecule has 0 bridgehead atoms. The Kier molecular flexibility index (Phi) is 4.66. The van der Waals surface area contributed by atoms with Crippen molar-refractivity contribution in [2.45, 2.75) is 19.4 Å². The Morgan fingerprint density at radius 1 is 1.46 bits per heavy atom. The molecule has 0 saturated heterocycles. The number of unbranched alkanes of at least 4 members (excludes halogenated alkanes) is 1. The molecule has 1 aromatic heterocycles. The number of terminal acetylenes is 1. The molecule has 1 aromatic rings. The number of hydrogen-bond acceptors (Lipinski definition) is 2. The third-order valence-electron chi connectivity index (χ3n) is 1.71. The highest BCUT2D eigenvalue weighted by Gasteiger charge is 1.90. The van der Waals surface area contributed by atoms with Crippen LogP contribution in [-0.2, 0) is 6.54 Å². The smallest absolute Gasteiger partial charge is 0.0541 e. The Morgan fingerprint density at radius 3 is 3.08 bits per heavy atom. The van der Waals surface area contributed by atoms with E-state index in [-0.39, 0.29) is 0 Å². The van der Waals surface area contributed by atoms with Crippen molar-refractivity contribution in [3.05, 3.63) is 30.1 Å². The maximum absolute atomic E-state index is 5.13. The maximum atomic E-state index is 5.13. The van der Waals surface area contributed by atoms with Gasteiger partial charge in [-0.2, -0.15) is 0 Å². The van der Waals surface area contributed by atoms with Crippen molar-refractivity contribution in [2.75, 3.05) is 6.54 Å². The lowest BCUT2D eigenvalue weighted by molar-refractivity contribution is 0.649. The van der Waals surface area contributed by atoms with Crippen LogP contribution >= 0.6 is 0 Å². The summed E-state index contributed by atoms with van der Waals surface area (Å²) >= 11 is 0. The molecule has 0 aliphatic carbocycles. The Hall–Kier alpha value is -1.33. The van der Waals surface area contributed by atoms with Gasteiger partial charge in [0, 0.05) is 19.2 Å². The first-order chi connectivity index (χ1) is 6.43. The molecule has 0 spiro atoms. The normalized spacial score (nSPS) is 9.46. The number of pyridine rings is 1. The van der Waals surface area contributed by atoms with Crippen LogP contribution in [0, 0.1) is 12.3 Å². The van der Waals surface area contributed by atoms with Crippen molar-refractivity contribution in [3.63, 3.8) is 0 Å². The molecule has 2 heteroatoms. The zero-order valence-electron chi connectivity index (χ0n) is 7.66. The van der Waals surface area contributed by atoms with E-state index in [1.807, 2.05) is 18.2 Å². The largest absolute Gasteiger partial charge is 0.311 e. The lowest BCUT2D eigenvalue weighted by Crippen LogP contribution is -2.15. The van der Waals surface area contributed by atoms with E-state index in [4.69, 9.17) is 6.42 Å². The molecule has 1 N–H and O–H groups in total. The Balaban J connectivity index is 2.11. The van der Waals surface area contributed by atoms with Crippen molar-refractivity contribution in [3.8, 4) is 12.3 Å². The predicted octanol–water partition coefficient (Wildman–Crippen LogP) is 1.58. The summed E-state index contributed by atoms with van der Waals surface area (Å²) in [6.45, 7) is 1.78. The van der Waals surface area contributed by atoms with Crippen LogP contribution in [0.4, 0.5) is 0 Å². The van der Waals surface area contributed by atoms with E-state index in [9.17, 15) is 0 Å². The molecule has 2 nitrogen and oxygen atoms in total. The Labute approximate surface area is 79.4 Å². The first kappa shape index (κ1) is 9.76. The average Bonchev–Trinajstić information content (AvgIpc) is 2.19. The minimum Gasteiger partial charge on any atom is -0.311 e. The van der Waals surface area contributed by atoms with Gasteiger partial charge in [0.1, 0.15) is 0 Å². The van der Waals surface area contributed by atoms with E-state index in [0.29, 0.717) is 0 Å². The fourth-order valence-corrected chi connectivity index (χ4v) is 1.03. The van der Waals surface area contributed by atoms with Crippen molar-refractivity contribution >= 4 is 0 Å². The molecule has 0 atom stereocenters. The summed E-state index contributed by atoms with van der Waals surface area (Å²) < 4.78 is 0. The van der Waals surface area contributed by atoms with E-state index in [2.05, 4.69) is 16.2 Å². The lowest BCUT2D eigenvalue weighted by Gasteiger charge is -2.01. The van der Waals surface area contributed by atoms with E-state index in [1.54, 1.807) is 6.20 Å². The van der Waals surface area contributed by atoms with Crippen molar-refractivity contribution in [1.29, 1.82) is 0 Å². The van der Waals surface area contributed by atoms with Gasteiger partial charge in [0.25, 0.3) is 0 Å². The first-order valence-corrected chi connectivity index (χ1v) is 4.47. The molecule has 0 aromatic carbocycles. The molecule has 0 saturated carbocycles. The standard InChI is InChI=1S/C11H14N2/c1-2-3-5-8-12-10-11-7-4-6-9-13-11/h1,4,6-7,9,12H,3,5,8,10H2. The van der Waals surface area contributed by atoms with Crippen LogP contribution in [0.3, 0.4) is 0 Å². The van der Waals surface area contributed by atoms with Crippen molar-refractivity contribution in [1.82, 2.24) is 10.3 Å². The van der Waals surface area contributed by atoms with Gasteiger partial charge in [-0.1, -0.05) is 6.07 Å². The van der Waals surface area contributed by atoms with Crippen molar-refractivity contribution in [2.24, 2.45) is 0 Å². The summed E-state index contributed by atoms with van der Waals surface area (Å²) in [5.41, 5.74) is 1.07. The molecular weight excluding hydrogens is 160 g/mol. The lowest BCUT2D eigenvalue weighted by atomic mass is 10.3. The van der Waals surface area contributed by atoms with Gasteiger partial charge in [0.2, 0.25) is 0 Å². The van der Waals surface area contributed by atoms with Gasteiger partial charge >= 0.3 is 0 Å². The zero-order valence-corrected chi connectivity index (χ0v) is 7.66. The number of hydrogen-bond donors (Lipinski definition) is 1. The third kappa shape index (κ3) is 4.29. The van der Waals surface area contributed by atoms with Crippen molar-refractivity contribution < 1.29 is 0 Å². The quantitative estimate of drug-likeness (QED) is 0.541. The van der Waals surface area contributed by atoms with Gasteiger partial charge in [0.05, 0.1) is 5.69 Å². The van der Waals surface area contributed by atoms with Gasteiger partial charge in [-0.05, 0) is 25.1 Å². The van der Waals surface area contributed by atoms with E-state index in [0.717, 1.165) is 31.6 Å². The molecule has 0 amide bonds. The first-order valence-electron chi connectivity index (χ1n) is 4.47. The van der Waals surface area contributed by atoms with Gasteiger partial charge in [0.15, 0.2) is 0 Å². The molecule has 13 heavy (non-hydrogen) atoms. The summed E-state index contributed by atoms with van der Waals surface area (Å²) in [4.78, 5) is 4.19. The summed E-state index contributed by atoms with van der Waals surface area (Å²) in [6.07, 6.45) is 8.81. The molecule has 0 radical (unpaired) electrons. The second-order valence-electron chi connectivity index (χ2n) is 2.81.